The Morgan fingerprint density at radius 3 is 2.43 bits per heavy atom. The summed E-state index contributed by atoms with van der Waals surface area (Å²) in [5.41, 5.74) is 0.364. The number of anilines is 1. The highest BCUT2D eigenvalue weighted by molar-refractivity contribution is 5.91. The molecule has 0 fully saturated rings. The van der Waals surface area contributed by atoms with Crippen LogP contribution in [0.2, 0.25) is 0 Å². The molecule has 0 saturated carbocycles. The summed E-state index contributed by atoms with van der Waals surface area (Å²) < 4.78 is 13.0. The van der Waals surface area contributed by atoms with Crippen LogP contribution in [0.5, 0.6) is 0 Å². The number of rotatable bonds is 8. The highest BCUT2D eigenvalue weighted by Crippen LogP contribution is 2.08. The molecule has 4 N–H and O–H groups in total. The SMILES string of the molecule is CCNC(=O)CNC(=O)C[NH+](C)CC(=O)Nc1cccc(F)c1. The van der Waals surface area contributed by atoms with Gasteiger partial charge in [0.1, 0.15) is 5.82 Å². The molecule has 8 heteroatoms. The molecule has 1 aromatic rings. The van der Waals surface area contributed by atoms with E-state index in [0.717, 1.165) is 0 Å². The number of nitrogens with one attached hydrogen (secondary N) is 4. The van der Waals surface area contributed by atoms with Gasteiger partial charge in [0.15, 0.2) is 13.1 Å². The van der Waals surface area contributed by atoms with E-state index in [1.807, 2.05) is 0 Å². The van der Waals surface area contributed by atoms with Crippen molar-refractivity contribution in [3.05, 3.63) is 30.1 Å². The zero-order chi connectivity index (χ0) is 17.2. The number of likely N-dealkylation sites (N-methyl/N-ethyl adjacent to an activating group) is 2. The smallest absolute Gasteiger partial charge is 0.279 e. The van der Waals surface area contributed by atoms with Crippen molar-refractivity contribution < 1.29 is 23.7 Å². The number of amides is 3. The Labute approximate surface area is 134 Å². The minimum atomic E-state index is -0.437. The molecule has 0 aromatic heterocycles. The largest absolute Gasteiger partial charge is 0.355 e. The second-order valence-corrected chi connectivity index (χ2v) is 5.10. The first kappa shape index (κ1) is 18.6. The average Bonchev–Trinajstić information content (AvgIpc) is 2.45. The summed E-state index contributed by atoms with van der Waals surface area (Å²) in [5, 5.41) is 7.60. The summed E-state index contributed by atoms with van der Waals surface area (Å²) in [6.07, 6.45) is 0. The lowest BCUT2D eigenvalue weighted by Crippen LogP contribution is -3.11. The van der Waals surface area contributed by atoms with Crippen molar-refractivity contribution in [2.24, 2.45) is 0 Å². The molecule has 1 rings (SSSR count). The van der Waals surface area contributed by atoms with Gasteiger partial charge in [0, 0.05) is 12.2 Å². The summed E-state index contributed by atoms with van der Waals surface area (Å²) in [7, 11) is 1.68. The van der Waals surface area contributed by atoms with Crippen LogP contribution in [-0.2, 0) is 14.4 Å². The summed E-state index contributed by atoms with van der Waals surface area (Å²) in [5.74, 6) is -1.35. The van der Waals surface area contributed by atoms with Gasteiger partial charge in [0.25, 0.3) is 11.8 Å². The minimum Gasteiger partial charge on any atom is -0.355 e. The van der Waals surface area contributed by atoms with Crippen molar-refractivity contribution in [3.63, 3.8) is 0 Å². The van der Waals surface area contributed by atoms with Crippen LogP contribution in [0.15, 0.2) is 24.3 Å². The van der Waals surface area contributed by atoms with E-state index in [-0.39, 0.29) is 37.4 Å². The van der Waals surface area contributed by atoms with Crippen LogP contribution in [0.3, 0.4) is 0 Å². The van der Waals surface area contributed by atoms with Gasteiger partial charge in [-0.2, -0.15) is 0 Å². The van der Waals surface area contributed by atoms with E-state index in [0.29, 0.717) is 17.1 Å². The first-order chi connectivity index (χ1) is 10.9. The van der Waals surface area contributed by atoms with Crippen molar-refractivity contribution in [2.45, 2.75) is 6.92 Å². The molecule has 0 saturated heterocycles. The molecule has 126 valence electrons. The Morgan fingerprint density at radius 1 is 1.09 bits per heavy atom. The fraction of sp³-hybridized carbons (Fsp3) is 0.400. The maximum atomic E-state index is 13.0. The fourth-order valence-electron chi connectivity index (χ4n) is 1.88. The summed E-state index contributed by atoms with van der Waals surface area (Å²) in [4.78, 5) is 35.3. The number of halogens is 1. The normalized spacial score (nSPS) is 11.4. The Kier molecular flexibility index (Phi) is 7.69. The van der Waals surface area contributed by atoms with Crippen LogP contribution in [-0.4, -0.2) is 50.9 Å². The van der Waals surface area contributed by atoms with Gasteiger partial charge in [0.05, 0.1) is 13.6 Å². The van der Waals surface area contributed by atoms with Crippen LogP contribution in [0.4, 0.5) is 10.1 Å². The predicted molar refractivity (Wildman–Crippen MR) is 83.3 cm³/mol. The topological polar surface area (TPSA) is 91.7 Å². The van der Waals surface area contributed by atoms with Gasteiger partial charge in [-0.05, 0) is 25.1 Å². The van der Waals surface area contributed by atoms with E-state index in [9.17, 15) is 18.8 Å². The van der Waals surface area contributed by atoms with Crippen LogP contribution in [0.1, 0.15) is 6.92 Å². The van der Waals surface area contributed by atoms with Crippen molar-refractivity contribution in [3.8, 4) is 0 Å². The third-order valence-electron chi connectivity index (χ3n) is 2.85. The number of quaternary nitrogens is 1. The van der Waals surface area contributed by atoms with Gasteiger partial charge >= 0.3 is 0 Å². The number of hydrogen-bond donors (Lipinski definition) is 4. The standard InChI is InChI=1S/C15H21FN4O3/c1-3-17-13(21)8-18-14(22)9-20(2)10-15(23)19-12-6-4-5-11(16)7-12/h4-7H,3,8-10H2,1-2H3,(H,17,21)(H,18,22)(H,19,23)/p+1. The Bertz CT molecular complexity index is 565. The van der Waals surface area contributed by atoms with Crippen molar-refractivity contribution in [2.75, 3.05) is 38.5 Å². The highest BCUT2D eigenvalue weighted by Gasteiger charge is 2.15. The van der Waals surface area contributed by atoms with Gasteiger partial charge in [-0.3, -0.25) is 14.4 Å². The molecule has 7 nitrogen and oxygen atoms in total. The zero-order valence-corrected chi connectivity index (χ0v) is 13.2. The average molecular weight is 325 g/mol. The molecule has 3 amide bonds. The van der Waals surface area contributed by atoms with E-state index in [2.05, 4.69) is 16.0 Å². The zero-order valence-electron chi connectivity index (χ0n) is 13.2. The van der Waals surface area contributed by atoms with Crippen LogP contribution in [0.25, 0.3) is 0 Å². The molecule has 0 heterocycles. The van der Waals surface area contributed by atoms with Gasteiger partial charge in [-0.1, -0.05) is 6.07 Å². The minimum absolute atomic E-state index is 0.0467. The van der Waals surface area contributed by atoms with E-state index in [1.165, 1.54) is 18.2 Å². The van der Waals surface area contributed by atoms with Crippen molar-refractivity contribution >= 4 is 23.4 Å². The Balaban J connectivity index is 2.32. The lowest BCUT2D eigenvalue weighted by molar-refractivity contribution is -0.862. The maximum Gasteiger partial charge on any atom is 0.279 e. The third kappa shape index (κ3) is 7.91. The molecule has 0 aliphatic carbocycles. The van der Waals surface area contributed by atoms with Gasteiger partial charge in [-0.15, -0.1) is 0 Å². The highest BCUT2D eigenvalue weighted by atomic mass is 19.1. The Hall–Kier alpha value is -2.48. The van der Waals surface area contributed by atoms with Crippen LogP contribution in [0, 0.1) is 5.82 Å². The number of benzene rings is 1. The van der Waals surface area contributed by atoms with Gasteiger partial charge in [0.2, 0.25) is 5.91 Å². The van der Waals surface area contributed by atoms with Crippen molar-refractivity contribution in [1.82, 2.24) is 10.6 Å². The monoisotopic (exact) mass is 325 g/mol. The van der Waals surface area contributed by atoms with Crippen LogP contribution >= 0.6 is 0 Å². The number of carbonyl (C=O) groups is 3. The van der Waals surface area contributed by atoms with E-state index in [4.69, 9.17) is 0 Å². The third-order valence-corrected chi connectivity index (χ3v) is 2.85. The second-order valence-electron chi connectivity index (χ2n) is 5.10. The van der Waals surface area contributed by atoms with Gasteiger partial charge in [-0.25, -0.2) is 4.39 Å². The fourth-order valence-corrected chi connectivity index (χ4v) is 1.88. The molecule has 0 aliphatic rings. The number of carbonyl (C=O) groups excluding carboxylic acids is 3. The molecule has 0 bridgehead atoms. The molecule has 1 unspecified atom stereocenters. The van der Waals surface area contributed by atoms with Gasteiger partial charge < -0.3 is 20.9 Å². The summed E-state index contributed by atoms with van der Waals surface area (Å²) in [6.45, 7) is 2.30. The lowest BCUT2D eigenvalue weighted by Gasteiger charge is -2.13. The summed E-state index contributed by atoms with van der Waals surface area (Å²) >= 11 is 0. The molecule has 23 heavy (non-hydrogen) atoms. The molecule has 0 radical (unpaired) electrons. The first-order valence-corrected chi connectivity index (χ1v) is 7.30. The molecule has 1 atom stereocenters. The van der Waals surface area contributed by atoms with E-state index >= 15 is 0 Å². The molecule has 1 aromatic carbocycles. The van der Waals surface area contributed by atoms with E-state index in [1.54, 1.807) is 20.0 Å². The first-order valence-electron chi connectivity index (χ1n) is 7.30. The second kappa shape index (κ2) is 9.52. The summed E-state index contributed by atoms with van der Waals surface area (Å²) in [6, 6.07) is 5.57. The maximum absolute atomic E-state index is 13.0. The molecular formula is C15H22FN4O3+. The van der Waals surface area contributed by atoms with Crippen LogP contribution < -0.4 is 20.9 Å². The lowest BCUT2D eigenvalue weighted by atomic mass is 10.3. The predicted octanol–water partition coefficient (Wildman–Crippen LogP) is -1.47. The molecule has 0 spiro atoms. The quantitative estimate of drug-likeness (QED) is 0.470. The Morgan fingerprint density at radius 2 is 1.78 bits per heavy atom. The van der Waals surface area contributed by atoms with Crippen molar-refractivity contribution in [1.29, 1.82) is 0 Å². The molecular weight excluding hydrogens is 303 g/mol. The number of hydrogen-bond acceptors (Lipinski definition) is 3. The van der Waals surface area contributed by atoms with E-state index < -0.39 is 5.82 Å². The molecule has 0 aliphatic heterocycles.